The van der Waals surface area contributed by atoms with Crippen LogP contribution in [0.5, 0.6) is 5.75 Å². The number of nitrogens with zero attached hydrogens (tertiary/aromatic N) is 3. The normalized spacial score (nSPS) is 11.3. The molecule has 3 aromatic rings. The second kappa shape index (κ2) is 7.32. The minimum atomic E-state index is 0.305. The highest BCUT2D eigenvalue weighted by molar-refractivity contribution is 5.91. The van der Waals surface area contributed by atoms with Gasteiger partial charge in [-0.1, -0.05) is 36.4 Å². The minimum Gasteiger partial charge on any atom is -0.496 e. The average Bonchev–Trinajstić information content (AvgIpc) is 3.09. The van der Waals surface area contributed by atoms with Crippen molar-refractivity contribution < 1.29 is 4.74 Å². The van der Waals surface area contributed by atoms with E-state index in [9.17, 15) is 0 Å². The molecule has 24 heavy (non-hydrogen) atoms. The van der Waals surface area contributed by atoms with Gasteiger partial charge in [-0.15, -0.1) is 0 Å². The molecule has 0 bridgehead atoms. The third-order valence-corrected chi connectivity index (χ3v) is 3.48. The summed E-state index contributed by atoms with van der Waals surface area (Å²) in [5.74, 6) is 1.74. The Hall–Kier alpha value is -3.28. The van der Waals surface area contributed by atoms with Crippen molar-refractivity contribution in [2.45, 2.75) is 6.54 Å². The van der Waals surface area contributed by atoms with E-state index in [4.69, 9.17) is 10.5 Å². The zero-order valence-electron chi connectivity index (χ0n) is 13.4. The maximum atomic E-state index is 5.94. The van der Waals surface area contributed by atoms with Crippen molar-refractivity contribution in [1.29, 1.82) is 0 Å². The van der Waals surface area contributed by atoms with Crippen molar-refractivity contribution >= 4 is 11.8 Å². The first-order valence-corrected chi connectivity index (χ1v) is 7.56. The van der Waals surface area contributed by atoms with Crippen LogP contribution in [0.25, 0.3) is 5.69 Å². The Bertz CT molecular complexity index is 826. The van der Waals surface area contributed by atoms with Crippen LogP contribution in [-0.2, 0) is 6.54 Å². The summed E-state index contributed by atoms with van der Waals surface area (Å²) in [6, 6.07) is 19.4. The molecule has 0 aliphatic rings. The highest BCUT2D eigenvalue weighted by atomic mass is 16.5. The number of methoxy groups -OCH3 is 1. The lowest BCUT2D eigenvalue weighted by Gasteiger charge is -2.06. The van der Waals surface area contributed by atoms with Crippen molar-refractivity contribution in [3.05, 3.63) is 72.4 Å². The Morgan fingerprint density at radius 2 is 1.88 bits per heavy atom. The van der Waals surface area contributed by atoms with Crippen molar-refractivity contribution in [1.82, 2.24) is 9.78 Å². The molecule has 0 unspecified atom stereocenters. The third kappa shape index (κ3) is 3.73. The summed E-state index contributed by atoms with van der Waals surface area (Å²) < 4.78 is 7.08. The zero-order valence-corrected chi connectivity index (χ0v) is 13.4. The number of anilines is 1. The molecule has 0 atom stereocenters. The van der Waals surface area contributed by atoms with Crippen molar-refractivity contribution in [3.63, 3.8) is 0 Å². The van der Waals surface area contributed by atoms with E-state index in [1.54, 1.807) is 11.8 Å². The van der Waals surface area contributed by atoms with E-state index in [-0.39, 0.29) is 0 Å². The van der Waals surface area contributed by atoms with Gasteiger partial charge >= 0.3 is 0 Å². The van der Waals surface area contributed by atoms with Gasteiger partial charge in [0.25, 0.3) is 0 Å². The van der Waals surface area contributed by atoms with Crippen LogP contribution in [-0.4, -0.2) is 22.8 Å². The number of rotatable bonds is 5. The number of aromatic nitrogens is 2. The fourth-order valence-electron chi connectivity index (χ4n) is 2.29. The Kier molecular flexibility index (Phi) is 4.76. The number of aliphatic imine (C=N–C) groups is 1. The number of nitrogens with one attached hydrogen (secondary N) is 1. The van der Waals surface area contributed by atoms with Crippen LogP contribution >= 0.6 is 0 Å². The maximum Gasteiger partial charge on any atom is 0.194 e. The summed E-state index contributed by atoms with van der Waals surface area (Å²) in [6.45, 7) is 0.433. The van der Waals surface area contributed by atoms with Gasteiger partial charge < -0.3 is 15.8 Å². The predicted octanol–water partition coefficient (Wildman–Crippen LogP) is 2.81. The molecule has 1 aromatic heterocycles. The Morgan fingerprint density at radius 3 is 2.67 bits per heavy atom. The molecule has 0 amide bonds. The molecule has 0 saturated heterocycles. The number of nitrogens with two attached hydrogens (primary N) is 1. The maximum absolute atomic E-state index is 5.94. The van der Waals surface area contributed by atoms with Gasteiger partial charge in [0, 0.05) is 17.8 Å². The second-order valence-corrected chi connectivity index (χ2v) is 5.12. The van der Waals surface area contributed by atoms with E-state index < -0.39 is 0 Å². The molecule has 0 aliphatic heterocycles. The van der Waals surface area contributed by atoms with Gasteiger partial charge in [-0.25, -0.2) is 9.67 Å². The van der Waals surface area contributed by atoms with E-state index in [1.807, 2.05) is 66.9 Å². The van der Waals surface area contributed by atoms with Crippen molar-refractivity contribution in [3.8, 4) is 11.4 Å². The lowest BCUT2D eigenvalue weighted by atomic mass is 10.2. The smallest absolute Gasteiger partial charge is 0.194 e. The molecule has 0 fully saturated rings. The molecule has 0 radical (unpaired) electrons. The number of guanidine groups is 1. The number of ether oxygens (including phenoxy) is 1. The molecule has 6 heteroatoms. The molecule has 1 heterocycles. The quantitative estimate of drug-likeness (QED) is 0.559. The molecule has 6 nitrogen and oxygen atoms in total. The first-order chi connectivity index (χ1) is 11.8. The van der Waals surface area contributed by atoms with Crippen LogP contribution in [0.1, 0.15) is 5.56 Å². The highest BCUT2D eigenvalue weighted by Crippen LogP contribution is 2.18. The molecule has 122 valence electrons. The molecule has 3 N–H and O–H groups in total. The van der Waals surface area contributed by atoms with Crippen LogP contribution in [0, 0.1) is 0 Å². The summed E-state index contributed by atoms with van der Waals surface area (Å²) in [5, 5.41) is 7.42. The molecule has 3 rings (SSSR count). The van der Waals surface area contributed by atoms with Crippen LogP contribution in [0.3, 0.4) is 0 Å². The minimum absolute atomic E-state index is 0.305. The molecule has 0 saturated carbocycles. The largest absolute Gasteiger partial charge is 0.496 e. The number of hydrogen-bond donors (Lipinski definition) is 2. The van der Waals surface area contributed by atoms with Gasteiger partial charge in [-0.3, -0.25) is 0 Å². The molecule has 0 spiro atoms. The number of hydrogen-bond acceptors (Lipinski definition) is 3. The predicted molar refractivity (Wildman–Crippen MR) is 95.5 cm³/mol. The lowest BCUT2D eigenvalue weighted by Crippen LogP contribution is -2.23. The van der Waals surface area contributed by atoms with Crippen LogP contribution < -0.4 is 15.8 Å². The van der Waals surface area contributed by atoms with Gasteiger partial charge in [0.05, 0.1) is 19.3 Å². The molecule has 0 aliphatic carbocycles. The van der Waals surface area contributed by atoms with E-state index in [0.717, 1.165) is 17.0 Å². The van der Waals surface area contributed by atoms with Gasteiger partial charge in [0.15, 0.2) is 11.8 Å². The van der Waals surface area contributed by atoms with Crippen molar-refractivity contribution in [2.24, 2.45) is 10.7 Å². The van der Waals surface area contributed by atoms with E-state index >= 15 is 0 Å². The summed E-state index contributed by atoms with van der Waals surface area (Å²) >= 11 is 0. The van der Waals surface area contributed by atoms with Crippen LogP contribution in [0.2, 0.25) is 0 Å². The van der Waals surface area contributed by atoms with E-state index in [2.05, 4.69) is 15.4 Å². The molecular formula is C18H19N5O. The van der Waals surface area contributed by atoms with Gasteiger partial charge in [-0.05, 0) is 18.2 Å². The molecular weight excluding hydrogens is 302 g/mol. The average molecular weight is 321 g/mol. The van der Waals surface area contributed by atoms with Gasteiger partial charge in [-0.2, -0.15) is 5.10 Å². The first-order valence-electron chi connectivity index (χ1n) is 7.56. The summed E-state index contributed by atoms with van der Waals surface area (Å²) in [4.78, 5) is 4.33. The zero-order chi connectivity index (χ0) is 16.8. The standard InChI is InChI=1S/C18H19N5O/c1-24-16-10-6-5-7-14(16)13-20-18(19)21-17-11-12-23(22-17)15-8-3-2-4-9-15/h2-12H,13H2,1H3,(H3,19,20,21,22). The second-order valence-electron chi connectivity index (χ2n) is 5.12. The summed E-state index contributed by atoms with van der Waals surface area (Å²) in [6.07, 6.45) is 1.87. The van der Waals surface area contributed by atoms with Gasteiger partial charge in [0.1, 0.15) is 5.75 Å². The summed E-state index contributed by atoms with van der Waals surface area (Å²) in [5.41, 5.74) is 7.90. The Balaban J connectivity index is 1.66. The van der Waals surface area contributed by atoms with Crippen molar-refractivity contribution in [2.75, 3.05) is 12.4 Å². The monoisotopic (exact) mass is 321 g/mol. The Morgan fingerprint density at radius 1 is 1.12 bits per heavy atom. The van der Waals surface area contributed by atoms with Crippen LogP contribution in [0.15, 0.2) is 71.9 Å². The first kappa shape index (κ1) is 15.6. The number of para-hydroxylation sites is 2. The lowest BCUT2D eigenvalue weighted by molar-refractivity contribution is 0.410. The fraction of sp³-hybridized carbons (Fsp3) is 0.111. The third-order valence-electron chi connectivity index (χ3n) is 3.48. The molecule has 2 aromatic carbocycles. The Labute approximate surface area is 140 Å². The van der Waals surface area contributed by atoms with Crippen LogP contribution in [0.4, 0.5) is 5.82 Å². The number of benzene rings is 2. The van der Waals surface area contributed by atoms with E-state index in [1.165, 1.54) is 0 Å². The highest BCUT2D eigenvalue weighted by Gasteiger charge is 2.03. The van der Waals surface area contributed by atoms with E-state index in [0.29, 0.717) is 18.3 Å². The topological polar surface area (TPSA) is 77.5 Å². The van der Waals surface area contributed by atoms with Gasteiger partial charge in [0.2, 0.25) is 0 Å². The summed E-state index contributed by atoms with van der Waals surface area (Å²) in [7, 11) is 1.64. The SMILES string of the molecule is COc1ccccc1CN=C(N)Nc1ccn(-c2ccccc2)n1. The fourth-order valence-corrected chi connectivity index (χ4v) is 2.29.